The van der Waals surface area contributed by atoms with E-state index in [0.29, 0.717) is 0 Å². The summed E-state index contributed by atoms with van der Waals surface area (Å²) < 4.78 is 0. The summed E-state index contributed by atoms with van der Waals surface area (Å²) in [6.07, 6.45) is 2.27. The molecule has 0 atom stereocenters. The van der Waals surface area contributed by atoms with Crippen molar-refractivity contribution >= 4 is 16.8 Å². The fraction of sp³-hybridized carbons (Fsp3) is 0.500. The van der Waals surface area contributed by atoms with Crippen LogP contribution in [0.25, 0.3) is 10.9 Å². The molecule has 1 aliphatic rings. The Kier molecular flexibility index (Phi) is 4.21. The van der Waals surface area contributed by atoms with E-state index >= 15 is 0 Å². The SMILES string of the molecule is CCc1c(C)[nH]c2ccc(C(=O)N(C)CCN3CCC3)cc12. The number of fused-ring (bicyclic) bond motifs is 1. The van der Waals surface area contributed by atoms with Crippen LogP contribution in [0.2, 0.25) is 0 Å². The minimum absolute atomic E-state index is 0.114. The number of hydrogen-bond donors (Lipinski definition) is 1. The van der Waals surface area contributed by atoms with E-state index in [-0.39, 0.29) is 5.91 Å². The van der Waals surface area contributed by atoms with Crippen molar-refractivity contribution in [2.75, 3.05) is 33.2 Å². The summed E-state index contributed by atoms with van der Waals surface area (Å²) in [6, 6.07) is 6.00. The van der Waals surface area contributed by atoms with E-state index in [9.17, 15) is 4.79 Å². The van der Waals surface area contributed by atoms with E-state index < -0.39 is 0 Å². The van der Waals surface area contributed by atoms with Gasteiger partial charge >= 0.3 is 0 Å². The topological polar surface area (TPSA) is 39.3 Å². The Bertz CT molecular complexity index is 685. The van der Waals surface area contributed by atoms with E-state index in [4.69, 9.17) is 0 Å². The Balaban J connectivity index is 1.77. The summed E-state index contributed by atoms with van der Waals surface area (Å²) >= 11 is 0. The number of carbonyl (C=O) groups excluding carboxylic acids is 1. The number of hydrogen-bond acceptors (Lipinski definition) is 2. The second-order valence-electron chi connectivity index (χ2n) is 6.26. The largest absolute Gasteiger partial charge is 0.358 e. The van der Waals surface area contributed by atoms with Gasteiger partial charge in [0.1, 0.15) is 0 Å². The lowest BCUT2D eigenvalue weighted by Gasteiger charge is -2.32. The van der Waals surface area contributed by atoms with E-state index in [0.717, 1.165) is 30.6 Å². The van der Waals surface area contributed by atoms with Gasteiger partial charge in [0.25, 0.3) is 5.91 Å². The molecule has 1 fully saturated rings. The van der Waals surface area contributed by atoms with Crippen molar-refractivity contribution in [1.82, 2.24) is 14.8 Å². The minimum atomic E-state index is 0.114. The molecule has 1 amide bonds. The van der Waals surface area contributed by atoms with Crippen molar-refractivity contribution in [1.29, 1.82) is 0 Å². The molecule has 22 heavy (non-hydrogen) atoms. The van der Waals surface area contributed by atoms with Crippen LogP contribution in [0.15, 0.2) is 18.2 Å². The van der Waals surface area contributed by atoms with Crippen LogP contribution in [-0.2, 0) is 6.42 Å². The van der Waals surface area contributed by atoms with Gasteiger partial charge in [0.15, 0.2) is 0 Å². The molecule has 2 aromatic rings. The third-order valence-electron chi connectivity index (χ3n) is 4.77. The second kappa shape index (κ2) is 6.13. The number of rotatable bonds is 5. The molecule has 0 spiro atoms. The number of carbonyl (C=O) groups is 1. The van der Waals surface area contributed by atoms with Gasteiger partial charge in [-0.3, -0.25) is 4.79 Å². The minimum Gasteiger partial charge on any atom is -0.358 e. The van der Waals surface area contributed by atoms with Crippen LogP contribution in [0, 0.1) is 6.92 Å². The van der Waals surface area contributed by atoms with Crippen molar-refractivity contribution in [3.05, 3.63) is 35.0 Å². The molecule has 0 bridgehead atoms. The predicted octanol–water partition coefficient (Wildman–Crippen LogP) is 2.82. The first kappa shape index (κ1) is 15.1. The summed E-state index contributed by atoms with van der Waals surface area (Å²) in [7, 11) is 1.90. The molecule has 3 rings (SSSR count). The van der Waals surface area contributed by atoms with Crippen molar-refractivity contribution in [3.63, 3.8) is 0 Å². The van der Waals surface area contributed by atoms with Crippen LogP contribution < -0.4 is 0 Å². The van der Waals surface area contributed by atoms with E-state index in [1.54, 1.807) is 0 Å². The highest BCUT2D eigenvalue weighted by Crippen LogP contribution is 2.24. The van der Waals surface area contributed by atoms with Crippen molar-refractivity contribution in [3.8, 4) is 0 Å². The van der Waals surface area contributed by atoms with Gasteiger partial charge in [-0.05, 0) is 56.6 Å². The first-order valence-electron chi connectivity index (χ1n) is 8.19. The standard InChI is InChI=1S/C18H25N3O/c1-4-15-13(2)19-17-7-6-14(12-16(15)17)18(22)20(3)10-11-21-8-5-9-21/h6-7,12,19H,4-5,8-11H2,1-3H3. The number of aromatic nitrogens is 1. The maximum Gasteiger partial charge on any atom is 0.253 e. The summed E-state index contributed by atoms with van der Waals surface area (Å²) in [5.41, 5.74) is 4.42. The number of aryl methyl sites for hydroxylation is 2. The Morgan fingerprint density at radius 3 is 2.77 bits per heavy atom. The lowest BCUT2D eigenvalue weighted by molar-refractivity contribution is 0.0758. The zero-order valence-electron chi connectivity index (χ0n) is 13.8. The van der Waals surface area contributed by atoms with Gasteiger partial charge in [-0.25, -0.2) is 0 Å². The number of nitrogens with one attached hydrogen (secondary N) is 1. The van der Waals surface area contributed by atoms with E-state index in [1.807, 2.05) is 30.1 Å². The number of benzene rings is 1. The van der Waals surface area contributed by atoms with E-state index in [2.05, 4.69) is 23.7 Å². The highest BCUT2D eigenvalue weighted by atomic mass is 16.2. The smallest absolute Gasteiger partial charge is 0.253 e. The molecular formula is C18H25N3O. The van der Waals surface area contributed by atoms with Crippen LogP contribution in [-0.4, -0.2) is 53.9 Å². The summed E-state index contributed by atoms with van der Waals surface area (Å²) in [5, 5.41) is 1.18. The maximum absolute atomic E-state index is 12.6. The van der Waals surface area contributed by atoms with Crippen molar-refractivity contribution < 1.29 is 4.79 Å². The molecule has 1 saturated heterocycles. The van der Waals surface area contributed by atoms with Gasteiger partial charge in [-0.1, -0.05) is 6.92 Å². The monoisotopic (exact) mass is 299 g/mol. The molecule has 2 heterocycles. The average molecular weight is 299 g/mol. The predicted molar refractivity (Wildman–Crippen MR) is 90.4 cm³/mol. The molecule has 118 valence electrons. The summed E-state index contributed by atoms with van der Waals surface area (Å²) in [6.45, 7) is 8.38. The molecule has 1 aromatic carbocycles. The van der Waals surface area contributed by atoms with Gasteiger partial charge in [0, 0.05) is 42.3 Å². The normalized spacial score (nSPS) is 15.0. The van der Waals surface area contributed by atoms with Crippen LogP contribution >= 0.6 is 0 Å². The number of aromatic amines is 1. The van der Waals surface area contributed by atoms with Gasteiger partial charge < -0.3 is 14.8 Å². The van der Waals surface area contributed by atoms with Crippen LogP contribution in [0.5, 0.6) is 0 Å². The Labute approximate surface area is 132 Å². The molecule has 1 aromatic heterocycles. The fourth-order valence-electron chi connectivity index (χ4n) is 3.19. The van der Waals surface area contributed by atoms with E-state index in [1.165, 1.54) is 36.2 Å². The van der Waals surface area contributed by atoms with Crippen LogP contribution in [0.1, 0.15) is 35.0 Å². The van der Waals surface area contributed by atoms with Gasteiger partial charge in [0.2, 0.25) is 0 Å². The zero-order chi connectivity index (χ0) is 15.7. The van der Waals surface area contributed by atoms with Gasteiger partial charge in [-0.2, -0.15) is 0 Å². The van der Waals surface area contributed by atoms with Crippen molar-refractivity contribution in [2.24, 2.45) is 0 Å². The zero-order valence-corrected chi connectivity index (χ0v) is 13.8. The second-order valence-corrected chi connectivity index (χ2v) is 6.26. The van der Waals surface area contributed by atoms with Gasteiger partial charge in [0.05, 0.1) is 0 Å². The third kappa shape index (κ3) is 2.75. The lowest BCUT2D eigenvalue weighted by Crippen LogP contribution is -2.43. The van der Waals surface area contributed by atoms with Crippen molar-refractivity contribution in [2.45, 2.75) is 26.7 Å². The Morgan fingerprint density at radius 1 is 1.36 bits per heavy atom. The molecular weight excluding hydrogens is 274 g/mol. The molecule has 0 radical (unpaired) electrons. The highest BCUT2D eigenvalue weighted by molar-refractivity contribution is 5.99. The molecule has 1 aliphatic heterocycles. The first-order chi connectivity index (χ1) is 10.6. The molecule has 1 N–H and O–H groups in total. The summed E-state index contributed by atoms with van der Waals surface area (Å²) in [4.78, 5) is 20.2. The number of H-pyrrole nitrogens is 1. The molecule has 4 nitrogen and oxygen atoms in total. The molecule has 0 unspecified atom stereocenters. The van der Waals surface area contributed by atoms with Crippen LogP contribution in [0.3, 0.4) is 0 Å². The fourth-order valence-corrected chi connectivity index (χ4v) is 3.19. The Hall–Kier alpha value is -1.81. The number of amides is 1. The van der Waals surface area contributed by atoms with Crippen LogP contribution in [0.4, 0.5) is 0 Å². The molecule has 0 saturated carbocycles. The molecule has 4 heteroatoms. The lowest BCUT2D eigenvalue weighted by atomic mass is 10.1. The average Bonchev–Trinajstić information content (AvgIpc) is 2.78. The van der Waals surface area contributed by atoms with Gasteiger partial charge in [-0.15, -0.1) is 0 Å². The number of likely N-dealkylation sites (N-methyl/N-ethyl adjacent to an activating group) is 1. The quantitative estimate of drug-likeness (QED) is 0.922. The Morgan fingerprint density at radius 2 is 2.14 bits per heavy atom. The maximum atomic E-state index is 12.6. The first-order valence-corrected chi connectivity index (χ1v) is 8.19. The number of likely N-dealkylation sites (tertiary alicyclic amines) is 1. The highest BCUT2D eigenvalue weighted by Gasteiger charge is 2.17. The third-order valence-corrected chi connectivity index (χ3v) is 4.77. The molecule has 0 aliphatic carbocycles. The summed E-state index contributed by atoms with van der Waals surface area (Å²) in [5.74, 6) is 0.114. The number of nitrogens with zero attached hydrogens (tertiary/aromatic N) is 2.